The molecule has 2 amide bonds. The lowest BCUT2D eigenvalue weighted by Gasteiger charge is -2.17. The third-order valence-electron chi connectivity index (χ3n) is 4.74. The summed E-state index contributed by atoms with van der Waals surface area (Å²) in [6.45, 7) is -0.732. The lowest BCUT2D eigenvalue weighted by Crippen LogP contribution is -2.22. The van der Waals surface area contributed by atoms with Crippen molar-refractivity contribution in [3.05, 3.63) is 81.5 Å². The van der Waals surface area contributed by atoms with Crippen LogP contribution in [0.4, 0.5) is 11.5 Å². The Bertz CT molecular complexity index is 1310. The van der Waals surface area contributed by atoms with Gasteiger partial charge in [-0.2, -0.15) is 0 Å². The Morgan fingerprint density at radius 1 is 0.972 bits per heavy atom. The lowest BCUT2D eigenvalue weighted by atomic mass is 10.1. The first-order valence-corrected chi connectivity index (χ1v) is 11.1. The van der Waals surface area contributed by atoms with Gasteiger partial charge in [0.25, 0.3) is 11.8 Å². The predicted octanol–water partition coefficient (Wildman–Crippen LogP) is 4.24. The number of carbonyl (C=O) groups excluding carboxylic acids is 2. The van der Waals surface area contributed by atoms with Gasteiger partial charge in [-0.25, -0.2) is 9.78 Å². The number of hydrogen-bond donors (Lipinski definition) is 4. The quantitative estimate of drug-likeness (QED) is 0.252. The summed E-state index contributed by atoms with van der Waals surface area (Å²) >= 11 is 12.0. The van der Waals surface area contributed by atoms with Crippen LogP contribution in [-0.2, 0) is 4.79 Å². The number of halogens is 2. The maximum atomic E-state index is 13.1. The van der Waals surface area contributed by atoms with Gasteiger partial charge in [0.2, 0.25) is 0 Å². The highest BCUT2D eigenvalue weighted by atomic mass is 35.5. The van der Waals surface area contributed by atoms with Gasteiger partial charge in [-0.05, 0) is 30.3 Å². The Kier molecular flexibility index (Phi) is 8.46. The number of pyridine rings is 1. The van der Waals surface area contributed by atoms with Crippen molar-refractivity contribution in [1.29, 1.82) is 5.41 Å². The molecule has 1 heterocycles. The zero-order valence-electron chi connectivity index (χ0n) is 19.1. The van der Waals surface area contributed by atoms with E-state index in [1.54, 1.807) is 31.1 Å². The van der Waals surface area contributed by atoms with E-state index in [9.17, 15) is 14.4 Å². The molecule has 4 N–H and O–H groups in total. The standard InChI is InChI=1S/C24H21Cl2N5O5/c1-31(2)22(27)13-3-5-14(6-4-13)23(34)30-21-17(9-16(26)10-18(21)36-12-20(32)33)24(35)29-19-8-7-15(25)11-28-19/h3-11,27H,12H2,1-2H3,(H,30,34)(H,32,33)(H,28,29,35). The Balaban J connectivity index is 1.96. The van der Waals surface area contributed by atoms with Crippen molar-refractivity contribution >= 4 is 58.3 Å². The van der Waals surface area contributed by atoms with Crippen LogP contribution in [0, 0.1) is 5.41 Å². The first-order valence-electron chi connectivity index (χ1n) is 10.3. The van der Waals surface area contributed by atoms with Gasteiger partial charge in [-0.1, -0.05) is 35.3 Å². The fraction of sp³-hybridized carbons (Fsp3) is 0.125. The maximum absolute atomic E-state index is 13.1. The second kappa shape index (κ2) is 11.5. The number of nitrogens with one attached hydrogen (secondary N) is 3. The van der Waals surface area contributed by atoms with Crippen molar-refractivity contribution in [2.24, 2.45) is 0 Å². The second-order valence-corrected chi connectivity index (χ2v) is 8.47. The number of nitrogens with zero attached hydrogens (tertiary/aromatic N) is 2. The zero-order valence-corrected chi connectivity index (χ0v) is 20.6. The number of amides is 2. The van der Waals surface area contributed by atoms with E-state index in [-0.39, 0.29) is 39.2 Å². The molecule has 3 rings (SSSR count). The molecule has 0 saturated heterocycles. The van der Waals surface area contributed by atoms with E-state index >= 15 is 0 Å². The number of amidine groups is 1. The minimum absolute atomic E-state index is 0.0779. The van der Waals surface area contributed by atoms with Crippen molar-refractivity contribution in [2.45, 2.75) is 0 Å². The van der Waals surface area contributed by atoms with E-state index in [1.165, 1.54) is 42.6 Å². The van der Waals surface area contributed by atoms with Crippen LogP contribution in [0.3, 0.4) is 0 Å². The summed E-state index contributed by atoms with van der Waals surface area (Å²) in [6, 6.07) is 11.9. The fourth-order valence-electron chi connectivity index (χ4n) is 3.00. The van der Waals surface area contributed by atoms with Crippen molar-refractivity contribution in [2.75, 3.05) is 31.3 Å². The van der Waals surface area contributed by atoms with Crippen LogP contribution in [0.15, 0.2) is 54.7 Å². The molecule has 0 radical (unpaired) electrons. The molecule has 0 unspecified atom stereocenters. The minimum Gasteiger partial charge on any atom is -0.480 e. The maximum Gasteiger partial charge on any atom is 0.341 e. The minimum atomic E-state index is -1.26. The number of anilines is 2. The Hall–Kier alpha value is -4.15. The van der Waals surface area contributed by atoms with Crippen molar-refractivity contribution in [1.82, 2.24) is 9.88 Å². The molecule has 0 aliphatic heterocycles. The van der Waals surface area contributed by atoms with Gasteiger partial charge in [-0.3, -0.25) is 15.0 Å². The third-order valence-corrected chi connectivity index (χ3v) is 5.18. The summed E-state index contributed by atoms with van der Waals surface area (Å²) in [4.78, 5) is 42.8. The van der Waals surface area contributed by atoms with E-state index < -0.39 is 24.4 Å². The van der Waals surface area contributed by atoms with Crippen LogP contribution in [0.5, 0.6) is 5.75 Å². The van der Waals surface area contributed by atoms with Crippen molar-refractivity contribution in [3.8, 4) is 5.75 Å². The number of aliphatic carboxylic acids is 1. The average Bonchev–Trinajstić information content (AvgIpc) is 2.84. The molecule has 1 aromatic heterocycles. The summed E-state index contributed by atoms with van der Waals surface area (Å²) in [6.07, 6.45) is 1.35. The largest absolute Gasteiger partial charge is 0.480 e. The highest BCUT2D eigenvalue weighted by molar-refractivity contribution is 6.32. The Morgan fingerprint density at radius 2 is 1.64 bits per heavy atom. The van der Waals surface area contributed by atoms with Crippen LogP contribution < -0.4 is 15.4 Å². The number of carboxylic acids is 1. The highest BCUT2D eigenvalue weighted by Crippen LogP contribution is 2.34. The number of hydrogen-bond acceptors (Lipinski definition) is 6. The molecule has 3 aromatic rings. The van der Waals surface area contributed by atoms with Crippen LogP contribution in [-0.4, -0.2) is 59.3 Å². The molecule has 0 aliphatic rings. The van der Waals surface area contributed by atoms with Gasteiger partial charge >= 0.3 is 5.97 Å². The van der Waals surface area contributed by atoms with E-state index in [1.807, 2.05) is 0 Å². The molecule has 10 nitrogen and oxygen atoms in total. The van der Waals surface area contributed by atoms with E-state index in [2.05, 4.69) is 15.6 Å². The van der Waals surface area contributed by atoms with Crippen LogP contribution >= 0.6 is 23.2 Å². The van der Waals surface area contributed by atoms with Crippen molar-refractivity contribution in [3.63, 3.8) is 0 Å². The molecular weight excluding hydrogens is 509 g/mol. The molecule has 186 valence electrons. The molecular formula is C24H21Cl2N5O5. The first-order chi connectivity index (χ1) is 17.0. The number of benzene rings is 2. The molecule has 0 bridgehead atoms. The van der Waals surface area contributed by atoms with Gasteiger partial charge in [0.05, 0.1) is 16.3 Å². The smallest absolute Gasteiger partial charge is 0.341 e. The monoisotopic (exact) mass is 529 g/mol. The Morgan fingerprint density at radius 3 is 2.22 bits per heavy atom. The van der Waals surface area contributed by atoms with Gasteiger partial charge in [-0.15, -0.1) is 0 Å². The van der Waals surface area contributed by atoms with Gasteiger partial charge in [0.15, 0.2) is 6.61 Å². The van der Waals surface area contributed by atoms with Gasteiger partial charge < -0.3 is 25.4 Å². The lowest BCUT2D eigenvalue weighted by molar-refractivity contribution is -0.139. The molecule has 0 aliphatic carbocycles. The summed E-state index contributed by atoms with van der Waals surface area (Å²) < 4.78 is 5.30. The molecule has 12 heteroatoms. The first kappa shape index (κ1) is 26.5. The molecule has 0 fully saturated rings. The van der Waals surface area contributed by atoms with E-state index in [0.29, 0.717) is 10.6 Å². The number of rotatable bonds is 8. The zero-order chi connectivity index (χ0) is 26.4. The fourth-order valence-corrected chi connectivity index (χ4v) is 3.32. The number of aromatic nitrogens is 1. The third kappa shape index (κ3) is 6.71. The topological polar surface area (TPSA) is 145 Å². The van der Waals surface area contributed by atoms with Gasteiger partial charge in [0.1, 0.15) is 17.4 Å². The van der Waals surface area contributed by atoms with Crippen LogP contribution in [0.2, 0.25) is 10.0 Å². The van der Waals surface area contributed by atoms with Crippen LogP contribution in [0.1, 0.15) is 26.3 Å². The van der Waals surface area contributed by atoms with Crippen LogP contribution in [0.25, 0.3) is 0 Å². The molecule has 0 atom stereocenters. The SMILES string of the molecule is CN(C)C(=N)c1ccc(C(=O)Nc2c(OCC(=O)O)cc(Cl)cc2C(=O)Nc2ccc(Cl)cn2)cc1. The molecule has 36 heavy (non-hydrogen) atoms. The summed E-state index contributed by atoms with van der Waals surface area (Å²) in [5, 5.41) is 22.7. The number of carbonyl (C=O) groups is 3. The molecule has 2 aromatic carbocycles. The number of ether oxygens (including phenoxy) is 1. The molecule has 0 spiro atoms. The summed E-state index contributed by atoms with van der Waals surface area (Å²) in [7, 11) is 3.46. The molecule has 0 saturated carbocycles. The van der Waals surface area contributed by atoms with Gasteiger partial charge in [0, 0.05) is 42.5 Å². The van der Waals surface area contributed by atoms with E-state index in [0.717, 1.165) is 0 Å². The summed E-state index contributed by atoms with van der Waals surface area (Å²) in [5.41, 5.74) is 0.667. The predicted molar refractivity (Wildman–Crippen MR) is 137 cm³/mol. The Labute approximate surface area is 216 Å². The summed E-state index contributed by atoms with van der Waals surface area (Å²) in [5.74, 6) is -2.20. The second-order valence-electron chi connectivity index (χ2n) is 7.60. The normalized spacial score (nSPS) is 10.3. The van der Waals surface area contributed by atoms with E-state index in [4.69, 9.17) is 38.5 Å². The number of carboxylic acid groups (broad SMARTS) is 1. The van der Waals surface area contributed by atoms with Crippen molar-refractivity contribution < 1.29 is 24.2 Å². The average molecular weight is 530 g/mol. The highest BCUT2D eigenvalue weighted by Gasteiger charge is 2.22.